The molecule has 0 bridgehead atoms. The first kappa shape index (κ1) is 18.7. The number of hydrogen-bond acceptors (Lipinski definition) is 6. The summed E-state index contributed by atoms with van der Waals surface area (Å²) in [6.07, 6.45) is 6.57. The van der Waals surface area contributed by atoms with E-state index in [4.69, 9.17) is 9.47 Å². The molecule has 2 aliphatic rings. The highest BCUT2D eigenvalue weighted by atomic mass is 19.1. The van der Waals surface area contributed by atoms with Crippen LogP contribution in [0.3, 0.4) is 0 Å². The summed E-state index contributed by atoms with van der Waals surface area (Å²) in [5.74, 6) is 1.18. The van der Waals surface area contributed by atoms with E-state index in [1.54, 1.807) is 34.6 Å². The minimum atomic E-state index is -0.502. The molecule has 0 spiro atoms. The summed E-state index contributed by atoms with van der Waals surface area (Å²) < 4.78 is 28.9. The summed E-state index contributed by atoms with van der Waals surface area (Å²) >= 11 is 0. The topological polar surface area (TPSA) is 74.4 Å². The highest BCUT2D eigenvalue weighted by Crippen LogP contribution is 2.32. The van der Waals surface area contributed by atoms with Crippen LogP contribution in [0.5, 0.6) is 17.4 Å². The maximum absolute atomic E-state index is 14.4. The molecule has 0 aliphatic carbocycles. The number of hydrogen-bond donors (Lipinski definition) is 0. The molecule has 0 amide bonds. The minimum absolute atomic E-state index is 0.101. The van der Waals surface area contributed by atoms with Crippen molar-refractivity contribution in [2.75, 3.05) is 11.4 Å². The van der Waals surface area contributed by atoms with Crippen molar-refractivity contribution in [2.45, 2.75) is 38.5 Å². The summed E-state index contributed by atoms with van der Waals surface area (Å²) in [4.78, 5) is 18.7. The van der Waals surface area contributed by atoms with Crippen molar-refractivity contribution < 1.29 is 13.9 Å². The van der Waals surface area contributed by atoms with Gasteiger partial charge in [-0.1, -0.05) is 6.07 Å². The maximum Gasteiger partial charge on any atom is 0.352 e. The second-order valence-corrected chi connectivity index (χ2v) is 7.69. The molecule has 1 saturated heterocycles. The Morgan fingerprint density at radius 3 is 2.97 bits per heavy atom. The molecule has 2 aliphatic heterocycles. The average molecular weight is 411 g/mol. The fraction of sp³-hybridized carbons (Fsp3) is 0.381. The predicted molar refractivity (Wildman–Crippen MR) is 107 cm³/mol. The number of anilines is 1. The molecule has 1 aromatic carbocycles. The number of ether oxygens (including phenoxy) is 2. The lowest BCUT2D eigenvalue weighted by molar-refractivity contribution is 0.290. The van der Waals surface area contributed by atoms with Gasteiger partial charge in [-0.25, -0.2) is 9.18 Å². The van der Waals surface area contributed by atoms with Gasteiger partial charge >= 0.3 is 5.69 Å². The van der Waals surface area contributed by atoms with Gasteiger partial charge in [0.1, 0.15) is 12.4 Å². The molecule has 0 N–H and O–H groups in total. The van der Waals surface area contributed by atoms with Crippen LogP contribution in [-0.2, 0) is 20.2 Å². The van der Waals surface area contributed by atoms with Crippen molar-refractivity contribution in [3.63, 3.8) is 0 Å². The van der Waals surface area contributed by atoms with Crippen molar-refractivity contribution >= 4 is 5.82 Å². The van der Waals surface area contributed by atoms with Crippen molar-refractivity contribution in [1.29, 1.82) is 0 Å². The van der Waals surface area contributed by atoms with E-state index in [0.29, 0.717) is 23.9 Å². The molecule has 8 nitrogen and oxygen atoms in total. The van der Waals surface area contributed by atoms with Crippen LogP contribution in [0.15, 0.2) is 41.5 Å². The van der Waals surface area contributed by atoms with E-state index in [-0.39, 0.29) is 23.9 Å². The van der Waals surface area contributed by atoms with Gasteiger partial charge in [-0.2, -0.15) is 10.1 Å². The van der Waals surface area contributed by atoms with Gasteiger partial charge in [0.05, 0.1) is 12.4 Å². The zero-order valence-corrected chi connectivity index (χ0v) is 16.6. The van der Waals surface area contributed by atoms with Crippen LogP contribution >= 0.6 is 0 Å². The van der Waals surface area contributed by atoms with Crippen molar-refractivity contribution in [3.05, 3.63) is 58.5 Å². The molecule has 156 valence electrons. The quantitative estimate of drug-likeness (QED) is 0.643. The molecule has 9 heteroatoms. The van der Waals surface area contributed by atoms with Crippen LogP contribution in [0.2, 0.25) is 0 Å². The van der Waals surface area contributed by atoms with Gasteiger partial charge in [0.15, 0.2) is 17.3 Å². The summed E-state index contributed by atoms with van der Waals surface area (Å²) in [7, 11) is 1.76. The van der Waals surface area contributed by atoms with E-state index < -0.39 is 5.82 Å². The Hall–Kier alpha value is -3.36. The van der Waals surface area contributed by atoms with Gasteiger partial charge in [0.25, 0.3) is 0 Å². The van der Waals surface area contributed by atoms with Crippen molar-refractivity contribution in [3.8, 4) is 17.4 Å². The number of fused-ring (bicyclic) bond motifs is 3. The average Bonchev–Trinajstić information content (AvgIpc) is 3.32. The van der Waals surface area contributed by atoms with Crippen LogP contribution in [0.1, 0.15) is 24.8 Å². The number of rotatable bonds is 5. The summed E-state index contributed by atoms with van der Waals surface area (Å²) in [5.41, 5.74) is 0.313. The van der Waals surface area contributed by atoms with Gasteiger partial charge in [-0.15, -0.1) is 0 Å². The third-order valence-electron chi connectivity index (χ3n) is 5.57. The van der Waals surface area contributed by atoms with Crippen LogP contribution in [-0.4, -0.2) is 31.9 Å². The van der Waals surface area contributed by atoms with E-state index >= 15 is 0 Å². The van der Waals surface area contributed by atoms with Gasteiger partial charge in [-0.05, 0) is 37.0 Å². The monoisotopic (exact) mass is 411 g/mol. The van der Waals surface area contributed by atoms with E-state index in [1.807, 2.05) is 6.07 Å². The molecule has 1 unspecified atom stereocenters. The van der Waals surface area contributed by atoms with E-state index in [2.05, 4.69) is 15.0 Å². The third-order valence-corrected chi connectivity index (χ3v) is 5.57. The van der Waals surface area contributed by atoms with E-state index in [9.17, 15) is 9.18 Å². The lowest BCUT2D eigenvalue weighted by Gasteiger charge is -2.30. The van der Waals surface area contributed by atoms with Crippen molar-refractivity contribution in [2.24, 2.45) is 7.05 Å². The smallest absolute Gasteiger partial charge is 0.352 e. The Morgan fingerprint density at radius 2 is 2.17 bits per heavy atom. The first-order valence-corrected chi connectivity index (χ1v) is 10.0. The first-order chi connectivity index (χ1) is 14.6. The molecule has 0 radical (unpaired) electrons. The Morgan fingerprint density at radius 1 is 1.27 bits per heavy atom. The minimum Gasteiger partial charge on any atom is -0.473 e. The summed E-state index contributed by atoms with van der Waals surface area (Å²) in [5, 5.41) is 3.99. The van der Waals surface area contributed by atoms with Gasteiger partial charge < -0.3 is 14.4 Å². The van der Waals surface area contributed by atoms with Crippen LogP contribution in [0.4, 0.5) is 10.2 Å². The van der Waals surface area contributed by atoms with Crippen LogP contribution in [0, 0.1) is 5.82 Å². The normalized spacial score (nSPS) is 17.5. The maximum atomic E-state index is 14.4. The molecular formula is C21H22FN5O3. The van der Waals surface area contributed by atoms with E-state index in [0.717, 1.165) is 25.2 Å². The first-order valence-electron chi connectivity index (χ1n) is 10.0. The van der Waals surface area contributed by atoms with Gasteiger partial charge in [0, 0.05) is 32.2 Å². The van der Waals surface area contributed by atoms with Crippen LogP contribution in [0.25, 0.3) is 0 Å². The lowest BCUT2D eigenvalue weighted by Crippen LogP contribution is -2.36. The molecule has 1 atom stereocenters. The van der Waals surface area contributed by atoms with E-state index in [1.165, 1.54) is 18.7 Å². The SMILES string of the molecule is Cn1cc(Oc2ccc(COc3cc4n(c(=O)n3)CC3CCCCN43)cc2F)cn1. The highest BCUT2D eigenvalue weighted by Gasteiger charge is 2.32. The number of aromatic nitrogens is 4. The fourth-order valence-corrected chi connectivity index (χ4v) is 4.11. The zero-order chi connectivity index (χ0) is 20.7. The molecule has 1 fully saturated rings. The van der Waals surface area contributed by atoms with Gasteiger partial charge in [0.2, 0.25) is 5.88 Å². The summed E-state index contributed by atoms with van der Waals surface area (Å²) in [6.45, 7) is 1.73. The fourth-order valence-electron chi connectivity index (χ4n) is 4.11. The summed E-state index contributed by atoms with van der Waals surface area (Å²) in [6, 6.07) is 6.79. The Kier molecular flexibility index (Phi) is 4.65. The third kappa shape index (κ3) is 3.51. The molecule has 5 rings (SSSR count). The number of aryl methyl sites for hydroxylation is 1. The standard InChI is InChI=1S/C21H22FN5O3/c1-25-12-16(10-23-25)30-18-6-5-14(8-17(18)22)13-29-19-9-20-26-7-3-2-4-15(26)11-27(20)21(28)24-19/h5-6,8-10,12,15H,2-4,7,11,13H2,1H3. The second-order valence-electron chi connectivity index (χ2n) is 7.69. The number of nitrogens with zero attached hydrogens (tertiary/aromatic N) is 5. The molecule has 3 aromatic rings. The molecular weight excluding hydrogens is 389 g/mol. The zero-order valence-electron chi connectivity index (χ0n) is 16.6. The van der Waals surface area contributed by atoms with Crippen LogP contribution < -0.4 is 20.1 Å². The Bertz CT molecular complexity index is 1140. The molecule has 30 heavy (non-hydrogen) atoms. The predicted octanol–water partition coefficient (Wildman–Crippen LogP) is 2.86. The highest BCUT2D eigenvalue weighted by molar-refractivity contribution is 5.47. The molecule has 0 saturated carbocycles. The molecule has 2 aromatic heterocycles. The number of halogens is 1. The largest absolute Gasteiger partial charge is 0.473 e. The lowest BCUT2D eigenvalue weighted by atomic mass is 10.0. The number of piperidine rings is 1. The van der Waals surface area contributed by atoms with Crippen molar-refractivity contribution in [1.82, 2.24) is 19.3 Å². The number of benzene rings is 1. The Labute approximate surface area is 172 Å². The molecule has 4 heterocycles. The van der Waals surface area contributed by atoms with Gasteiger partial charge in [-0.3, -0.25) is 9.25 Å². The second kappa shape index (κ2) is 7.47. The Balaban J connectivity index is 1.29.